The van der Waals surface area contributed by atoms with Crippen molar-refractivity contribution in [1.82, 2.24) is 28.9 Å². The van der Waals surface area contributed by atoms with Crippen LogP contribution in [0.25, 0.3) is 60.5 Å². The first-order chi connectivity index (χ1) is 38.3. The number of nitrogens with zero attached hydrogens (tertiary/aromatic N) is 7. The first-order valence-electron chi connectivity index (χ1n) is 24.6. The molecular formula is C65H62ClK2N7O6. The van der Waals surface area contributed by atoms with Crippen molar-refractivity contribution in [2.75, 3.05) is 20.4 Å². The summed E-state index contributed by atoms with van der Waals surface area (Å²) < 4.78 is 15.6. The van der Waals surface area contributed by atoms with Gasteiger partial charge in [0.1, 0.15) is 17.2 Å². The van der Waals surface area contributed by atoms with Gasteiger partial charge in [0.15, 0.2) is 13.5 Å². The van der Waals surface area contributed by atoms with Crippen molar-refractivity contribution in [1.29, 1.82) is 5.26 Å². The number of imidazole rings is 2. The van der Waals surface area contributed by atoms with Crippen molar-refractivity contribution in [2.24, 2.45) is 0 Å². The number of aromatic hydroxyl groups is 1. The number of aromatic nitrogens is 4. The van der Waals surface area contributed by atoms with E-state index >= 15 is 0 Å². The summed E-state index contributed by atoms with van der Waals surface area (Å²) in [4.78, 5) is 24.3. The van der Waals surface area contributed by atoms with Crippen LogP contribution in [0.15, 0.2) is 250 Å². The molecule has 402 valence electrons. The van der Waals surface area contributed by atoms with Crippen molar-refractivity contribution in [3.8, 4) is 45.8 Å². The number of alkyl halides is 1. The Balaban J connectivity index is 0.000000282. The quantitative estimate of drug-likeness (QED) is 0.0439. The van der Waals surface area contributed by atoms with Crippen LogP contribution in [-0.2, 0) is 22.4 Å². The monoisotopic (exact) mass is 1150 g/mol. The zero-order valence-electron chi connectivity index (χ0n) is 46.1. The van der Waals surface area contributed by atoms with Gasteiger partial charge in [-0.25, -0.2) is 9.97 Å². The molecule has 0 amide bonds. The zero-order chi connectivity index (χ0) is 54.7. The molecule has 1 aliphatic heterocycles. The minimum atomic E-state index is -0.181. The minimum Gasteiger partial charge on any atom is -1.00 e. The summed E-state index contributed by atoms with van der Waals surface area (Å²) in [5, 5.41) is 31.9. The maximum atomic E-state index is 9.13. The van der Waals surface area contributed by atoms with Crippen molar-refractivity contribution < 1.29 is 134 Å². The Morgan fingerprint density at radius 2 is 0.975 bits per heavy atom. The first kappa shape index (κ1) is 66.9. The van der Waals surface area contributed by atoms with E-state index in [-0.39, 0.29) is 118 Å². The van der Waals surface area contributed by atoms with E-state index in [4.69, 9.17) is 41.5 Å². The standard InChI is InChI=1S/C21H20N2O.C20H16N2O.C10H9ClN2.C10H8O.C2H3N.CH2O3.CH4.2K.H/c1-22-15-23(14-21(22)18-8-3-2-4-9-18)16-24-20-12-11-17-7-5-6-10-19(17)13-20;1-2-7-17(8-3-1)20-13-22(14-21-20)15-23-19-11-10-16-6-4-5-9-18(16)12-19;11-7-13-6-10(12-8-13)9-4-2-1-3-5-9;11-10-6-5-8-3-1-2-4-9(8)7-10;1-2-3;2-1-4-3;;;;/h2-14H,15-16H2,1H3;1-14H,15H2;1-6,8H,7H2;1-7,11H;1H3;1,3H;1H4;;;/q;;;;;;;2*+1;-1/p-1. The van der Waals surface area contributed by atoms with Gasteiger partial charge in [0.25, 0.3) is 6.47 Å². The third-order valence-corrected chi connectivity index (χ3v) is 12.0. The predicted octanol–water partition coefficient (Wildman–Crippen LogP) is 8.13. The molecule has 0 fully saturated rings. The Bertz CT molecular complexity index is 3670. The number of fused-ring (bicyclic) bond motifs is 3. The predicted molar refractivity (Wildman–Crippen MR) is 316 cm³/mol. The Kier molecular flexibility index (Phi) is 30.3. The average Bonchev–Trinajstić information content (AvgIpc) is 4.33. The van der Waals surface area contributed by atoms with E-state index in [1.807, 2.05) is 131 Å². The number of halogens is 1. The molecule has 1 N–H and O–H groups in total. The van der Waals surface area contributed by atoms with Gasteiger partial charge in [-0.2, -0.15) is 5.26 Å². The van der Waals surface area contributed by atoms with Gasteiger partial charge in [-0.05, 0) is 74.3 Å². The van der Waals surface area contributed by atoms with Gasteiger partial charge < -0.3 is 45.1 Å². The van der Waals surface area contributed by atoms with Crippen LogP contribution in [0.5, 0.6) is 17.2 Å². The van der Waals surface area contributed by atoms with Crippen molar-refractivity contribution >= 4 is 56.1 Å². The van der Waals surface area contributed by atoms with Crippen LogP contribution in [0, 0.1) is 11.3 Å². The molecule has 12 rings (SSSR count). The van der Waals surface area contributed by atoms with Crippen molar-refractivity contribution in [3.63, 3.8) is 0 Å². The maximum absolute atomic E-state index is 9.13. The number of benzene rings is 9. The molecule has 0 aliphatic carbocycles. The van der Waals surface area contributed by atoms with Gasteiger partial charge in [0.05, 0.1) is 48.5 Å². The van der Waals surface area contributed by atoms with Gasteiger partial charge in [0.2, 0.25) is 0 Å². The summed E-state index contributed by atoms with van der Waals surface area (Å²) in [7, 11) is 2.11. The summed E-state index contributed by atoms with van der Waals surface area (Å²) in [5.41, 5.74) is 6.59. The van der Waals surface area contributed by atoms with Gasteiger partial charge >= 0.3 is 103 Å². The largest absolute Gasteiger partial charge is 1.00 e. The normalized spacial score (nSPS) is 10.6. The number of carbonyl (C=O) groups is 1. The van der Waals surface area contributed by atoms with Crippen LogP contribution in [0.1, 0.15) is 21.3 Å². The summed E-state index contributed by atoms with van der Waals surface area (Å²) in [6.07, 6.45) is 9.62. The number of ether oxygens (including phenoxy) is 2. The number of hydrogen-bond acceptors (Lipinski definition) is 11. The molecule has 1 aliphatic rings. The second kappa shape index (κ2) is 36.7. The van der Waals surface area contributed by atoms with Crippen molar-refractivity contribution in [3.05, 3.63) is 255 Å². The molecule has 0 saturated heterocycles. The third-order valence-electron chi connectivity index (χ3n) is 11.7. The molecule has 16 heteroatoms. The molecule has 2 aromatic heterocycles. The molecule has 0 spiro atoms. The minimum absolute atomic E-state index is 0. The van der Waals surface area contributed by atoms with E-state index < -0.39 is 0 Å². The van der Waals surface area contributed by atoms with E-state index in [1.165, 1.54) is 39.7 Å². The molecule has 11 aromatic rings. The summed E-state index contributed by atoms with van der Waals surface area (Å²) in [5.74, 6) is 2.08. The number of rotatable bonds is 11. The molecule has 0 unspecified atom stereocenters. The van der Waals surface area contributed by atoms with E-state index in [2.05, 4.69) is 135 Å². The molecule has 81 heavy (non-hydrogen) atoms. The van der Waals surface area contributed by atoms with E-state index in [0.29, 0.717) is 25.2 Å². The van der Waals surface area contributed by atoms with Crippen molar-refractivity contribution in [2.45, 2.75) is 27.1 Å². The van der Waals surface area contributed by atoms with E-state index in [0.717, 1.165) is 51.5 Å². The van der Waals surface area contributed by atoms with Gasteiger partial charge in [-0.3, -0.25) is 4.79 Å². The third kappa shape index (κ3) is 21.3. The second-order valence-corrected chi connectivity index (χ2v) is 17.5. The molecule has 3 heterocycles. The van der Waals surface area contributed by atoms with Crippen LogP contribution in [-0.4, -0.2) is 60.9 Å². The zero-order valence-corrected chi connectivity index (χ0v) is 52.1. The van der Waals surface area contributed by atoms with Crippen LogP contribution in [0.3, 0.4) is 0 Å². The Morgan fingerprint density at radius 1 is 0.593 bits per heavy atom. The van der Waals surface area contributed by atoms with Crippen LogP contribution >= 0.6 is 11.6 Å². The molecule has 0 saturated carbocycles. The Morgan fingerprint density at radius 3 is 1.42 bits per heavy atom. The Labute approximate surface area is 565 Å². The summed E-state index contributed by atoms with van der Waals surface area (Å²) in [6, 6.07) is 75.1. The summed E-state index contributed by atoms with van der Waals surface area (Å²) >= 11 is 5.65. The van der Waals surface area contributed by atoms with E-state index in [9.17, 15) is 0 Å². The molecule has 9 aromatic carbocycles. The number of carbonyl (C=O) groups excluding carboxylic acids is 1. The van der Waals surface area contributed by atoms with E-state index in [1.54, 1.807) is 30.9 Å². The summed E-state index contributed by atoms with van der Waals surface area (Å²) in [6.45, 7) is 3.06. The van der Waals surface area contributed by atoms with Crippen LogP contribution in [0.4, 0.5) is 0 Å². The Hall–Kier alpha value is -6.60. The molecule has 13 nitrogen and oxygen atoms in total. The molecule has 0 radical (unpaired) electrons. The van der Waals surface area contributed by atoms with Gasteiger partial charge in [-0.15, -0.1) is 11.6 Å². The number of nitriles is 1. The maximum Gasteiger partial charge on any atom is 1.00 e. The molecular weight excluding hydrogens is 1090 g/mol. The molecule has 0 atom stereocenters. The fourth-order valence-corrected chi connectivity index (χ4v) is 8.14. The number of hydrogen-bond donors (Lipinski definition) is 1. The van der Waals surface area contributed by atoms with Gasteiger partial charge in [0, 0.05) is 43.7 Å². The topological polar surface area (TPSA) is 154 Å². The second-order valence-electron chi connectivity index (χ2n) is 17.2. The molecule has 0 bridgehead atoms. The first-order valence-corrected chi connectivity index (χ1v) is 25.2. The number of phenolic OH excluding ortho intramolecular Hbond substituents is 1. The average molecular weight is 1150 g/mol. The SMILES string of the molecule is C.CC#N.CN1CN(COc2ccc3ccccc3c2)C=C1c1ccccc1.ClCn1cnc(-c2ccccc2)c1.O=CO[O-].Oc1ccc2ccccc2c1.[H-].[K+].[K+].c1ccc(-c2cn(COc3ccc4ccccc4c3)cn2)cc1. The fourth-order valence-electron chi connectivity index (χ4n) is 8.01. The smallest absolute Gasteiger partial charge is 1.00 e. The van der Waals surface area contributed by atoms with Crippen LogP contribution in [0.2, 0.25) is 0 Å². The van der Waals surface area contributed by atoms with Crippen LogP contribution < -0.4 is 118 Å². The fraction of sp³-hybridized carbons (Fsp3) is 0.108. The number of phenols is 1. The van der Waals surface area contributed by atoms with Gasteiger partial charge in [-0.1, -0.05) is 189 Å².